The maximum atomic E-state index is 12.8. The second kappa shape index (κ2) is 2.45. The van der Waals surface area contributed by atoms with Gasteiger partial charge in [-0.15, -0.1) is 0 Å². The fourth-order valence-corrected chi connectivity index (χ4v) is 1.33. The highest BCUT2D eigenvalue weighted by Crippen LogP contribution is 2.26. The van der Waals surface area contributed by atoms with Gasteiger partial charge in [-0.1, -0.05) is 16.8 Å². The van der Waals surface area contributed by atoms with Gasteiger partial charge in [-0.2, -0.15) is 0 Å². The zero-order valence-electron chi connectivity index (χ0n) is 6.27. The number of fused-ring (bicyclic) bond motifs is 1. The van der Waals surface area contributed by atoms with Crippen LogP contribution in [-0.4, -0.2) is 5.16 Å². The molecule has 2 rings (SSSR count). The molecule has 0 saturated heterocycles. The number of aromatic nitrogens is 1. The topological polar surface area (TPSA) is 26.0 Å². The smallest absolute Gasteiger partial charge is 0.185 e. The average Bonchev–Trinajstić information content (AvgIpc) is 2.33. The highest BCUT2D eigenvalue weighted by atomic mass is 35.5. The lowest BCUT2D eigenvalue weighted by molar-refractivity contribution is 0.450. The summed E-state index contributed by atoms with van der Waals surface area (Å²) in [5, 5.41) is 4.55. The number of rotatable bonds is 0. The standard InChI is InChI=1S/C8H5ClFNO/c1-4-6-2-5(10)3-7(9)8(6)12-11-4/h2-3H,1H3. The lowest BCUT2D eigenvalue weighted by Gasteiger charge is -1.91. The van der Waals surface area contributed by atoms with Crippen molar-refractivity contribution in [1.82, 2.24) is 5.16 Å². The molecule has 0 N–H and O–H groups in total. The van der Waals surface area contributed by atoms with E-state index in [-0.39, 0.29) is 10.8 Å². The van der Waals surface area contributed by atoms with Crippen molar-refractivity contribution in [1.29, 1.82) is 0 Å². The molecular formula is C8H5ClFNO. The van der Waals surface area contributed by atoms with Crippen molar-refractivity contribution in [3.63, 3.8) is 0 Å². The summed E-state index contributed by atoms with van der Waals surface area (Å²) in [7, 11) is 0. The van der Waals surface area contributed by atoms with Gasteiger partial charge in [-0.25, -0.2) is 4.39 Å². The molecule has 0 spiro atoms. The molecule has 2 aromatic rings. The molecule has 0 aliphatic rings. The molecular weight excluding hydrogens is 181 g/mol. The van der Waals surface area contributed by atoms with Gasteiger partial charge in [0.2, 0.25) is 0 Å². The molecule has 0 radical (unpaired) electrons. The molecule has 2 nitrogen and oxygen atoms in total. The molecule has 0 atom stereocenters. The summed E-state index contributed by atoms with van der Waals surface area (Å²) in [6.45, 7) is 1.74. The Balaban J connectivity index is 2.92. The van der Waals surface area contributed by atoms with Crippen LogP contribution >= 0.6 is 11.6 Å². The van der Waals surface area contributed by atoms with Crippen LogP contribution in [0.15, 0.2) is 16.7 Å². The van der Waals surface area contributed by atoms with E-state index in [1.165, 1.54) is 12.1 Å². The van der Waals surface area contributed by atoms with Crippen molar-refractivity contribution < 1.29 is 8.91 Å². The van der Waals surface area contributed by atoms with Gasteiger partial charge < -0.3 is 4.52 Å². The second-order valence-corrected chi connectivity index (χ2v) is 2.94. The molecule has 1 aromatic carbocycles. The van der Waals surface area contributed by atoms with Crippen LogP contribution in [-0.2, 0) is 0 Å². The third kappa shape index (κ3) is 0.975. The molecule has 0 bridgehead atoms. The zero-order chi connectivity index (χ0) is 8.72. The highest BCUT2D eigenvalue weighted by Gasteiger charge is 2.09. The molecule has 0 fully saturated rings. The Morgan fingerprint density at radius 1 is 1.50 bits per heavy atom. The molecule has 0 amide bonds. The predicted molar refractivity (Wildman–Crippen MR) is 43.7 cm³/mol. The van der Waals surface area contributed by atoms with Crippen LogP contribution in [0.4, 0.5) is 4.39 Å². The van der Waals surface area contributed by atoms with Crippen LogP contribution in [0, 0.1) is 12.7 Å². The summed E-state index contributed by atoms with van der Waals surface area (Å²) < 4.78 is 17.7. The number of nitrogens with zero attached hydrogens (tertiary/aromatic N) is 1. The van der Waals surface area contributed by atoms with Crippen molar-refractivity contribution in [3.05, 3.63) is 28.7 Å². The molecule has 0 saturated carbocycles. The zero-order valence-corrected chi connectivity index (χ0v) is 7.02. The van der Waals surface area contributed by atoms with Gasteiger partial charge in [0.25, 0.3) is 0 Å². The molecule has 1 aromatic heterocycles. The predicted octanol–water partition coefficient (Wildman–Crippen LogP) is 2.93. The summed E-state index contributed by atoms with van der Waals surface area (Å²) in [4.78, 5) is 0. The Bertz CT molecular complexity index is 438. The Morgan fingerprint density at radius 2 is 2.25 bits per heavy atom. The Hall–Kier alpha value is -1.09. The number of aryl methyl sites for hydroxylation is 1. The molecule has 12 heavy (non-hydrogen) atoms. The summed E-state index contributed by atoms with van der Waals surface area (Å²) in [5.74, 6) is -0.376. The normalized spacial score (nSPS) is 10.9. The van der Waals surface area contributed by atoms with E-state index in [0.29, 0.717) is 16.7 Å². The van der Waals surface area contributed by atoms with Gasteiger partial charge in [0.1, 0.15) is 5.82 Å². The van der Waals surface area contributed by atoms with Crippen LogP contribution in [0.3, 0.4) is 0 Å². The summed E-state index contributed by atoms with van der Waals surface area (Å²) in [6, 6.07) is 2.56. The number of benzene rings is 1. The molecule has 0 aliphatic heterocycles. The molecule has 0 unspecified atom stereocenters. The van der Waals surface area contributed by atoms with E-state index in [2.05, 4.69) is 5.16 Å². The minimum absolute atomic E-state index is 0.255. The Morgan fingerprint density at radius 3 is 3.00 bits per heavy atom. The first-order valence-electron chi connectivity index (χ1n) is 3.39. The van der Waals surface area contributed by atoms with Crippen molar-refractivity contribution >= 4 is 22.6 Å². The van der Waals surface area contributed by atoms with E-state index in [9.17, 15) is 4.39 Å². The molecule has 62 valence electrons. The van der Waals surface area contributed by atoms with Crippen LogP contribution in [0.2, 0.25) is 5.02 Å². The first kappa shape index (κ1) is 7.55. The van der Waals surface area contributed by atoms with Gasteiger partial charge in [0.05, 0.1) is 10.7 Å². The second-order valence-electron chi connectivity index (χ2n) is 2.53. The van der Waals surface area contributed by atoms with Gasteiger partial charge in [0.15, 0.2) is 5.58 Å². The van der Waals surface area contributed by atoms with Crippen molar-refractivity contribution in [2.24, 2.45) is 0 Å². The number of hydrogen-bond acceptors (Lipinski definition) is 2. The van der Waals surface area contributed by atoms with E-state index in [1.54, 1.807) is 6.92 Å². The quantitative estimate of drug-likeness (QED) is 0.631. The van der Waals surface area contributed by atoms with Crippen LogP contribution in [0.25, 0.3) is 11.0 Å². The van der Waals surface area contributed by atoms with Gasteiger partial charge >= 0.3 is 0 Å². The number of halogens is 2. The third-order valence-corrected chi connectivity index (χ3v) is 1.95. The van der Waals surface area contributed by atoms with Crippen LogP contribution in [0.5, 0.6) is 0 Å². The average molecular weight is 186 g/mol. The SMILES string of the molecule is Cc1noc2c(Cl)cc(F)cc12. The van der Waals surface area contributed by atoms with Crippen LogP contribution in [0.1, 0.15) is 5.69 Å². The molecule has 4 heteroatoms. The lowest BCUT2D eigenvalue weighted by Crippen LogP contribution is -1.75. The largest absolute Gasteiger partial charge is 0.354 e. The molecule has 0 aliphatic carbocycles. The van der Waals surface area contributed by atoms with E-state index in [4.69, 9.17) is 16.1 Å². The minimum atomic E-state index is -0.376. The van der Waals surface area contributed by atoms with Gasteiger partial charge in [0, 0.05) is 5.39 Å². The fourth-order valence-electron chi connectivity index (χ4n) is 1.09. The Labute approximate surface area is 72.9 Å². The maximum Gasteiger partial charge on any atom is 0.185 e. The lowest BCUT2D eigenvalue weighted by atomic mass is 10.2. The van der Waals surface area contributed by atoms with Gasteiger partial charge in [-0.05, 0) is 19.1 Å². The number of hydrogen-bond donors (Lipinski definition) is 0. The third-order valence-electron chi connectivity index (χ3n) is 1.67. The first-order chi connectivity index (χ1) is 5.68. The monoisotopic (exact) mass is 185 g/mol. The van der Waals surface area contributed by atoms with Crippen molar-refractivity contribution in [2.45, 2.75) is 6.92 Å². The summed E-state index contributed by atoms with van der Waals surface area (Å²) in [6.07, 6.45) is 0. The summed E-state index contributed by atoms with van der Waals surface area (Å²) >= 11 is 5.70. The summed E-state index contributed by atoms with van der Waals surface area (Å²) in [5.41, 5.74) is 1.09. The van der Waals surface area contributed by atoms with Crippen LogP contribution < -0.4 is 0 Å². The van der Waals surface area contributed by atoms with Crippen molar-refractivity contribution in [3.8, 4) is 0 Å². The fraction of sp³-hybridized carbons (Fsp3) is 0.125. The Kier molecular flexibility index (Phi) is 1.54. The van der Waals surface area contributed by atoms with Crippen molar-refractivity contribution in [2.75, 3.05) is 0 Å². The maximum absolute atomic E-state index is 12.8. The molecule has 1 heterocycles. The van der Waals surface area contributed by atoms with E-state index in [1.807, 2.05) is 0 Å². The van der Waals surface area contributed by atoms with Gasteiger partial charge in [-0.3, -0.25) is 0 Å². The van der Waals surface area contributed by atoms with E-state index >= 15 is 0 Å². The first-order valence-corrected chi connectivity index (χ1v) is 3.77. The highest BCUT2D eigenvalue weighted by molar-refractivity contribution is 6.34. The minimum Gasteiger partial charge on any atom is -0.354 e. The van der Waals surface area contributed by atoms with E-state index in [0.717, 1.165) is 0 Å². The van der Waals surface area contributed by atoms with E-state index < -0.39 is 0 Å².